The van der Waals surface area contributed by atoms with Gasteiger partial charge in [-0.15, -0.1) is 4.68 Å². The van der Waals surface area contributed by atoms with Gasteiger partial charge in [-0.2, -0.15) is 0 Å². The molecular weight excluding hydrogens is 104 g/mol. The van der Waals surface area contributed by atoms with Crippen LogP contribution in [0, 0.1) is 0 Å². The number of hydrogen-bond donors (Lipinski definition) is 2. The minimum Gasteiger partial charge on any atom is -0.289 e. The van der Waals surface area contributed by atoms with E-state index in [0.29, 0.717) is 5.95 Å². The zero-order chi connectivity index (χ0) is 5.98. The molecule has 8 heavy (non-hydrogen) atoms. The molecule has 1 rings (SSSR count). The van der Waals surface area contributed by atoms with Gasteiger partial charge in [-0.05, 0) is 0 Å². The Morgan fingerprint density at radius 3 is 2.75 bits per heavy atom. The number of aromatic nitrogens is 2. The third-order valence-electron chi connectivity index (χ3n) is 0.804. The average Bonchev–Trinajstić information content (AvgIpc) is 1.77. The van der Waals surface area contributed by atoms with Crippen LogP contribution in [-0.2, 0) is 0 Å². The summed E-state index contributed by atoms with van der Waals surface area (Å²) < 4.78 is 1.25. The number of nitrogens with two attached hydrogens (primary N) is 2. The monoisotopic (exact) mass is 111 g/mol. The minimum atomic E-state index is 0.313. The molecule has 0 atom stereocenters. The second-order valence-electron chi connectivity index (χ2n) is 1.39. The number of nitrogens with zero attached hydrogens (tertiary/aromatic N) is 2. The lowest BCUT2D eigenvalue weighted by Gasteiger charge is -1.87. The predicted molar refractivity (Wildman–Crippen MR) is 29.0 cm³/mol. The van der Waals surface area contributed by atoms with Crippen LogP contribution < -0.4 is 16.3 Å². The second kappa shape index (κ2) is 1.65. The molecule has 4 N–H and O–H groups in total. The molecule has 42 valence electrons. The van der Waals surface area contributed by atoms with Gasteiger partial charge in [-0.3, -0.25) is 11.6 Å². The summed E-state index contributed by atoms with van der Waals surface area (Å²) >= 11 is 0. The van der Waals surface area contributed by atoms with Gasteiger partial charge in [0, 0.05) is 6.07 Å². The first-order valence-corrected chi connectivity index (χ1v) is 2.18. The van der Waals surface area contributed by atoms with Crippen molar-refractivity contribution in [3.63, 3.8) is 0 Å². The average molecular weight is 111 g/mol. The van der Waals surface area contributed by atoms with Crippen molar-refractivity contribution in [2.45, 2.75) is 0 Å². The molecule has 0 fully saturated rings. The summed E-state index contributed by atoms with van der Waals surface area (Å²) in [6.07, 6.45) is 3.21. The lowest BCUT2D eigenvalue weighted by atomic mass is 10.7. The minimum absolute atomic E-state index is 0.313. The van der Waals surface area contributed by atoms with Gasteiger partial charge < -0.3 is 0 Å². The molecule has 1 heterocycles. The third kappa shape index (κ3) is 0.676. The first kappa shape index (κ1) is 4.83. The lowest BCUT2D eigenvalue weighted by molar-refractivity contribution is -0.626. The molecule has 4 nitrogen and oxygen atoms in total. The maximum atomic E-state index is 5.25. The van der Waals surface area contributed by atoms with Gasteiger partial charge >= 0.3 is 5.95 Å². The summed E-state index contributed by atoms with van der Waals surface area (Å²) in [7, 11) is 0. The van der Waals surface area contributed by atoms with E-state index in [0.717, 1.165) is 0 Å². The maximum Gasteiger partial charge on any atom is 0.410 e. The van der Waals surface area contributed by atoms with Crippen LogP contribution in [0.15, 0.2) is 18.5 Å². The molecule has 0 aliphatic carbocycles. The third-order valence-corrected chi connectivity index (χ3v) is 0.804. The van der Waals surface area contributed by atoms with E-state index in [9.17, 15) is 0 Å². The summed E-state index contributed by atoms with van der Waals surface area (Å²) in [5, 5.41) is 0. The summed E-state index contributed by atoms with van der Waals surface area (Å²) in [5.74, 6) is 5.56. The number of anilines is 1. The highest BCUT2D eigenvalue weighted by Crippen LogP contribution is 1.77. The van der Waals surface area contributed by atoms with Gasteiger partial charge in [0.15, 0.2) is 0 Å². The molecule has 0 unspecified atom stereocenters. The van der Waals surface area contributed by atoms with Gasteiger partial charge in [0.1, 0.15) is 6.20 Å². The van der Waals surface area contributed by atoms with E-state index in [1.165, 1.54) is 4.68 Å². The van der Waals surface area contributed by atoms with E-state index < -0.39 is 0 Å². The van der Waals surface area contributed by atoms with Gasteiger partial charge in [-0.1, -0.05) is 4.98 Å². The number of hydrogen-bond acceptors (Lipinski definition) is 3. The summed E-state index contributed by atoms with van der Waals surface area (Å²) in [6.45, 7) is 0. The maximum absolute atomic E-state index is 5.25. The van der Waals surface area contributed by atoms with Crippen LogP contribution in [0.4, 0.5) is 5.95 Å². The standard InChI is InChI=1S/C4H6N4/c5-4-7-2-1-3-8(4)6/h1-3,5H,6H2/p+1. The smallest absolute Gasteiger partial charge is 0.289 e. The fourth-order valence-electron chi connectivity index (χ4n) is 0.394. The molecule has 0 radical (unpaired) electrons. The van der Waals surface area contributed by atoms with Crippen molar-refractivity contribution >= 4 is 5.95 Å². The van der Waals surface area contributed by atoms with Crippen molar-refractivity contribution in [3.8, 4) is 0 Å². The van der Waals surface area contributed by atoms with Gasteiger partial charge in [0.05, 0.1) is 6.20 Å². The largest absolute Gasteiger partial charge is 0.410 e. The Balaban J connectivity index is 3.13. The highest BCUT2D eigenvalue weighted by Gasteiger charge is 1.95. The molecule has 0 amide bonds. The van der Waals surface area contributed by atoms with Crippen LogP contribution >= 0.6 is 0 Å². The van der Waals surface area contributed by atoms with E-state index in [2.05, 4.69) is 4.98 Å². The summed E-state index contributed by atoms with van der Waals surface area (Å²) in [6, 6.07) is 1.70. The Bertz CT molecular complexity index is 164. The van der Waals surface area contributed by atoms with Crippen molar-refractivity contribution in [2.24, 2.45) is 0 Å². The Morgan fingerprint density at radius 2 is 2.38 bits per heavy atom. The molecule has 0 aliphatic heterocycles. The van der Waals surface area contributed by atoms with Gasteiger partial charge in [0.2, 0.25) is 0 Å². The Kier molecular flexibility index (Phi) is 0.997. The molecule has 0 saturated heterocycles. The quantitative estimate of drug-likeness (QED) is 0.322. The molecule has 0 aromatic carbocycles. The predicted octanol–water partition coefficient (Wildman–Crippen LogP) is -1.33. The first-order valence-electron chi connectivity index (χ1n) is 2.18. The van der Waals surface area contributed by atoms with Crippen molar-refractivity contribution < 1.29 is 4.68 Å². The SMILES string of the molecule is Nc1nccc[n+]1N. The van der Waals surface area contributed by atoms with Crippen LogP contribution in [0.1, 0.15) is 0 Å². The molecule has 0 saturated carbocycles. The molecule has 1 aromatic rings. The first-order chi connectivity index (χ1) is 3.80. The second-order valence-corrected chi connectivity index (χ2v) is 1.39. The number of rotatable bonds is 0. The highest BCUT2D eigenvalue weighted by atomic mass is 15.3. The lowest BCUT2D eigenvalue weighted by Crippen LogP contribution is -2.47. The number of nitrogen functional groups attached to an aromatic ring is 2. The van der Waals surface area contributed by atoms with E-state index in [-0.39, 0.29) is 0 Å². The van der Waals surface area contributed by atoms with Gasteiger partial charge in [0.25, 0.3) is 0 Å². The molecule has 0 bridgehead atoms. The Hall–Kier alpha value is -1.32. The van der Waals surface area contributed by atoms with Crippen LogP contribution in [0.25, 0.3) is 0 Å². The fraction of sp³-hybridized carbons (Fsp3) is 0. The summed E-state index contributed by atoms with van der Waals surface area (Å²) in [5.41, 5.74) is 5.25. The Morgan fingerprint density at radius 1 is 1.62 bits per heavy atom. The van der Waals surface area contributed by atoms with E-state index >= 15 is 0 Å². The zero-order valence-electron chi connectivity index (χ0n) is 4.28. The van der Waals surface area contributed by atoms with E-state index in [4.69, 9.17) is 11.6 Å². The molecule has 0 aliphatic rings. The van der Waals surface area contributed by atoms with Crippen molar-refractivity contribution in [1.29, 1.82) is 0 Å². The van der Waals surface area contributed by atoms with Crippen LogP contribution in [-0.4, -0.2) is 4.98 Å². The van der Waals surface area contributed by atoms with Crippen molar-refractivity contribution in [1.82, 2.24) is 4.98 Å². The zero-order valence-corrected chi connectivity index (χ0v) is 4.28. The fourth-order valence-corrected chi connectivity index (χ4v) is 0.394. The highest BCUT2D eigenvalue weighted by molar-refractivity contribution is 5.02. The molecule has 0 spiro atoms. The normalized spacial score (nSPS) is 9.00. The van der Waals surface area contributed by atoms with E-state index in [1.54, 1.807) is 18.5 Å². The van der Waals surface area contributed by atoms with Crippen molar-refractivity contribution in [3.05, 3.63) is 18.5 Å². The van der Waals surface area contributed by atoms with Gasteiger partial charge in [-0.25, -0.2) is 0 Å². The topological polar surface area (TPSA) is 68.8 Å². The van der Waals surface area contributed by atoms with Crippen molar-refractivity contribution in [2.75, 3.05) is 11.6 Å². The summed E-state index contributed by atoms with van der Waals surface area (Å²) in [4.78, 5) is 3.69. The van der Waals surface area contributed by atoms with E-state index in [1.807, 2.05) is 0 Å². The van der Waals surface area contributed by atoms with Crippen LogP contribution in [0.5, 0.6) is 0 Å². The van der Waals surface area contributed by atoms with Crippen LogP contribution in [0.2, 0.25) is 0 Å². The van der Waals surface area contributed by atoms with Crippen LogP contribution in [0.3, 0.4) is 0 Å². The molecule has 4 heteroatoms. The molecular formula is C4H7N4+. The Labute approximate surface area is 46.7 Å². The molecule has 1 aromatic heterocycles.